The van der Waals surface area contributed by atoms with Gasteiger partial charge in [-0.1, -0.05) is 134 Å². The van der Waals surface area contributed by atoms with Crippen LogP contribution in [-0.4, -0.2) is 32.2 Å². The molecular weight excluding hydrogens is 412 g/mol. The van der Waals surface area contributed by atoms with Crippen LogP contribution in [0, 0.1) is 0 Å². The molecule has 2 nitrogen and oxygen atoms in total. The van der Waals surface area contributed by atoms with E-state index < -0.39 is 0 Å². The van der Waals surface area contributed by atoms with Crippen molar-refractivity contribution in [3.63, 3.8) is 0 Å². The Bertz CT molecular complexity index is 465. The van der Waals surface area contributed by atoms with Gasteiger partial charge in [0.15, 0.2) is 0 Å². The lowest BCUT2D eigenvalue weighted by atomic mass is 10.0. The van der Waals surface area contributed by atoms with Gasteiger partial charge in [0.25, 0.3) is 0 Å². The Morgan fingerprint density at radius 2 is 1.00 bits per heavy atom. The number of ether oxygens (including phenoxy) is 2. The Kier molecular flexibility index (Phi) is 23.2. The van der Waals surface area contributed by atoms with Gasteiger partial charge in [0.1, 0.15) is 0 Å². The zero-order valence-electron chi connectivity index (χ0n) is 21.2. The van der Waals surface area contributed by atoms with E-state index in [0.717, 1.165) is 37.9 Å². The van der Waals surface area contributed by atoms with E-state index in [1.54, 1.807) is 0 Å². The van der Waals surface area contributed by atoms with Crippen LogP contribution in [0.1, 0.15) is 115 Å². The highest BCUT2D eigenvalue weighted by Gasteiger charge is 1.96. The van der Waals surface area contributed by atoms with Crippen LogP contribution in [0.5, 0.6) is 0 Å². The van der Waals surface area contributed by atoms with Gasteiger partial charge < -0.3 is 9.47 Å². The van der Waals surface area contributed by atoms with Crippen LogP contribution in [-0.2, 0) is 15.2 Å². The van der Waals surface area contributed by atoms with E-state index in [1.807, 2.05) is 11.8 Å². The predicted octanol–water partition coefficient (Wildman–Crippen LogP) is 9.21. The van der Waals surface area contributed by atoms with Gasteiger partial charge in [-0.3, -0.25) is 0 Å². The van der Waals surface area contributed by atoms with Crippen molar-refractivity contribution in [2.45, 2.75) is 115 Å². The van der Waals surface area contributed by atoms with Gasteiger partial charge in [-0.15, -0.1) is 0 Å². The standard InChI is InChI=1S/C29H52O2S/c1-2-3-4-5-6-7-8-9-10-11-12-13-14-15-16-20-23-30-24-25-31-26-27-32-28-29-21-18-17-19-22-29/h17-19,21-22H,2-16,20,23-28H2,1H3. The fraction of sp³-hybridized carbons (Fsp3) is 0.793. The second kappa shape index (κ2) is 25.1. The molecule has 0 saturated heterocycles. The molecule has 0 bridgehead atoms. The van der Waals surface area contributed by atoms with E-state index in [4.69, 9.17) is 9.47 Å². The van der Waals surface area contributed by atoms with Crippen LogP contribution >= 0.6 is 11.8 Å². The zero-order valence-corrected chi connectivity index (χ0v) is 22.0. The maximum Gasteiger partial charge on any atom is 0.0700 e. The van der Waals surface area contributed by atoms with Gasteiger partial charge >= 0.3 is 0 Å². The number of thioether (sulfide) groups is 1. The first-order valence-corrected chi connectivity index (χ1v) is 14.9. The van der Waals surface area contributed by atoms with Crippen molar-refractivity contribution in [1.82, 2.24) is 0 Å². The normalized spacial score (nSPS) is 11.3. The summed E-state index contributed by atoms with van der Waals surface area (Å²) in [7, 11) is 0. The SMILES string of the molecule is CCCCCCCCCCCCCCCCCCOCCOCCSCc1ccccc1. The highest BCUT2D eigenvalue weighted by Crippen LogP contribution is 2.14. The molecule has 0 heterocycles. The first-order chi connectivity index (χ1) is 15.9. The number of unbranched alkanes of at least 4 members (excludes halogenated alkanes) is 15. The van der Waals surface area contributed by atoms with Crippen LogP contribution in [0.15, 0.2) is 30.3 Å². The van der Waals surface area contributed by atoms with Gasteiger partial charge in [0.05, 0.1) is 19.8 Å². The third-order valence-corrected chi connectivity index (χ3v) is 6.99. The van der Waals surface area contributed by atoms with E-state index in [9.17, 15) is 0 Å². The fourth-order valence-electron chi connectivity index (χ4n) is 3.96. The number of rotatable bonds is 25. The lowest BCUT2D eigenvalue weighted by Crippen LogP contribution is -2.07. The van der Waals surface area contributed by atoms with Crippen molar-refractivity contribution in [2.24, 2.45) is 0 Å². The molecule has 1 rings (SSSR count). The molecule has 0 aliphatic carbocycles. The van der Waals surface area contributed by atoms with Crippen molar-refractivity contribution < 1.29 is 9.47 Å². The summed E-state index contributed by atoms with van der Waals surface area (Å²) in [5, 5.41) is 0. The maximum atomic E-state index is 5.70. The number of hydrogen-bond donors (Lipinski definition) is 0. The summed E-state index contributed by atoms with van der Waals surface area (Å²) >= 11 is 1.93. The molecule has 186 valence electrons. The monoisotopic (exact) mass is 464 g/mol. The molecule has 0 aliphatic heterocycles. The summed E-state index contributed by atoms with van der Waals surface area (Å²) in [6.45, 7) is 5.47. The highest BCUT2D eigenvalue weighted by molar-refractivity contribution is 7.98. The van der Waals surface area contributed by atoms with E-state index in [-0.39, 0.29) is 0 Å². The van der Waals surface area contributed by atoms with Crippen molar-refractivity contribution in [2.75, 3.05) is 32.2 Å². The van der Waals surface area contributed by atoms with Crippen molar-refractivity contribution >= 4 is 11.8 Å². The average molecular weight is 465 g/mol. The van der Waals surface area contributed by atoms with Crippen LogP contribution in [0.4, 0.5) is 0 Å². The summed E-state index contributed by atoms with van der Waals surface area (Å²) in [4.78, 5) is 0. The molecule has 0 fully saturated rings. The second-order valence-electron chi connectivity index (χ2n) is 9.07. The lowest BCUT2D eigenvalue weighted by Gasteiger charge is -2.06. The van der Waals surface area contributed by atoms with Gasteiger partial charge in [0, 0.05) is 18.1 Å². The van der Waals surface area contributed by atoms with E-state index in [1.165, 1.54) is 108 Å². The van der Waals surface area contributed by atoms with Crippen LogP contribution in [0.25, 0.3) is 0 Å². The molecule has 0 unspecified atom stereocenters. The Labute approximate surface area is 204 Å². The van der Waals surface area contributed by atoms with Crippen molar-refractivity contribution in [3.05, 3.63) is 35.9 Å². The molecule has 0 spiro atoms. The topological polar surface area (TPSA) is 18.5 Å². The molecule has 0 N–H and O–H groups in total. The third kappa shape index (κ3) is 21.3. The predicted molar refractivity (Wildman–Crippen MR) is 144 cm³/mol. The Morgan fingerprint density at radius 1 is 0.531 bits per heavy atom. The molecular formula is C29H52O2S. The summed E-state index contributed by atoms with van der Waals surface area (Å²) in [5.41, 5.74) is 1.39. The largest absolute Gasteiger partial charge is 0.379 e. The summed E-state index contributed by atoms with van der Waals surface area (Å²) in [5.74, 6) is 2.12. The lowest BCUT2D eigenvalue weighted by molar-refractivity contribution is 0.0522. The summed E-state index contributed by atoms with van der Waals surface area (Å²) < 4.78 is 11.4. The van der Waals surface area contributed by atoms with E-state index in [2.05, 4.69) is 37.3 Å². The smallest absolute Gasteiger partial charge is 0.0700 e. The average Bonchev–Trinajstić information content (AvgIpc) is 2.82. The fourth-order valence-corrected chi connectivity index (χ4v) is 4.76. The maximum absolute atomic E-state index is 5.70. The minimum atomic E-state index is 0.727. The molecule has 1 aromatic carbocycles. The minimum Gasteiger partial charge on any atom is -0.379 e. The first kappa shape index (κ1) is 29.5. The quantitative estimate of drug-likeness (QED) is 0.134. The third-order valence-electron chi connectivity index (χ3n) is 6.00. The van der Waals surface area contributed by atoms with Gasteiger partial charge in [-0.05, 0) is 12.0 Å². The second-order valence-corrected chi connectivity index (χ2v) is 10.2. The van der Waals surface area contributed by atoms with E-state index >= 15 is 0 Å². The Morgan fingerprint density at radius 3 is 1.53 bits per heavy atom. The van der Waals surface area contributed by atoms with Crippen LogP contribution in [0.2, 0.25) is 0 Å². The number of benzene rings is 1. The minimum absolute atomic E-state index is 0.727. The molecule has 0 atom stereocenters. The molecule has 0 saturated carbocycles. The molecule has 0 aromatic heterocycles. The number of hydrogen-bond acceptors (Lipinski definition) is 3. The molecule has 1 aromatic rings. The molecule has 3 heteroatoms. The molecule has 32 heavy (non-hydrogen) atoms. The summed E-state index contributed by atoms with van der Waals surface area (Å²) in [6.07, 6.45) is 22.6. The zero-order chi connectivity index (χ0) is 22.8. The Hall–Kier alpha value is -0.510. The van der Waals surface area contributed by atoms with Crippen LogP contribution in [0.3, 0.4) is 0 Å². The van der Waals surface area contributed by atoms with E-state index in [0.29, 0.717) is 0 Å². The van der Waals surface area contributed by atoms with Crippen molar-refractivity contribution in [1.29, 1.82) is 0 Å². The summed E-state index contributed by atoms with van der Waals surface area (Å²) in [6, 6.07) is 10.6. The van der Waals surface area contributed by atoms with Gasteiger partial charge in [-0.2, -0.15) is 11.8 Å². The Balaban J connectivity index is 1.64. The molecule has 0 amide bonds. The molecule has 0 radical (unpaired) electrons. The van der Waals surface area contributed by atoms with Crippen molar-refractivity contribution in [3.8, 4) is 0 Å². The molecule has 0 aliphatic rings. The first-order valence-electron chi connectivity index (χ1n) is 13.7. The van der Waals surface area contributed by atoms with Crippen LogP contribution < -0.4 is 0 Å². The van der Waals surface area contributed by atoms with Gasteiger partial charge in [-0.25, -0.2) is 0 Å². The van der Waals surface area contributed by atoms with Gasteiger partial charge in [0.2, 0.25) is 0 Å². The highest BCUT2D eigenvalue weighted by atomic mass is 32.2.